The van der Waals surface area contributed by atoms with Crippen LogP contribution in [-0.4, -0.2) is 32.9 Å². The maximum Gasteiger partial charge on any atom is 0.324 e. The lowest BCUT2D eigenvalue weighted by Gasteiger charge is -2.20. The fourth-order valence-corrected chi connectivity index (χ4v) is 3.80. The van der Waals surface area contributed by atoms with E-state index in [1.807, 2.05) is 0 Å². The summed E-state index contributed by atoms with van der Waals surface area (Å²) in [5.74, 6) is -1.82. The van der Waals surface area contributed by atoms with E-state index in [1.165, 1.54) is 12.1 Å². The van der Waals surface area contributed by atoms with Crippen LogP contribution in [0.25, 0.3) is 0 Å². The molecule has 150 valence electrons. The van der Waals surface area contributed by atoms with Gasteiger partial charge in [-0.1, -0.05) is 55.8 Å². The Kier molecular flexibility index (Phi) is 7.56. The molecule has 1 amide bonds. The average molecular weight is 425 g/mol. The van der Waals surface area contributed by atoms with Gasteiger partial charge in [-0.2, -0.15) is 4.72 Å². The van der Waals surface area contributed by atoms with E-state index in [-0.39, 0.29) is 4.90 Å². The third-order valence-corrected chi connectivity index (χ3v) is 5.54. The quantitative estimate of drug-likeness (QED) is 0.634. The highest BCUT2D eigenvalue weighted by Gasteiger charge is 2.30. The van der Waals surface area contributed by atoms with Gasteiger partial charge in [0.1, 0.15) is 6.04 Å². The number of carbonyl (C=O) groups is 2. The molecule has 0 aliphatic heterocycles. The molecular formula is C19H21ClN2O5S. The minimum atomic E-state index is -3.91. The van der Waals surface area contributed by atoms with Crippen molar-refractivity contribution in [1.82, 2.24) is 4.72 Å². The number of anilines is 1. The highest BCUT2D eigenvalue weighted by molar-refractivity contribution is 7.89. The van der Waals surface area contributed by atoms with E-state index in [9.17, 15) is 18.0 Å². The minimum absolute atomic E-state index is 0.0323. The third-order valence-electron chi connectivity index (χ3n) is 3.75. The molecule has 2 rings (SSSR count). The Labute approximate surface area is 169 Å². The number of carbonyl (C=O) groups excluding carboxylic acids is 2. The zero-order chi connectivity index (χ0) is 20.7. The number of sulfonamides is 1. The van der Waals surface area contributed by atoms with Crippen molar-refractivity contribution in [2.24, 2.45) is 5.92 Å². The van der Waals surface area contributed by atoms with Crippen LogP contribution >= 0.6 is 11.6 Å². The second kappa shape index (κ2) is 9.68. The Morgan fingerprint density at radius 1 is 1.04 bits per heavy atom. The normalized spacial score (nSPS) is 12.4. The van der Waals surface area contributed by atoms with Crippen LogP contribution in [0.5, 0.6) is 0 Å². The molecule has 2 aromatic rings. The molecule has 2 N–H and O–H groups in total. The molecule has 0 saturated carbocycles. The first-order chi connectivity index (χ1) is 13.2. The summed E-state index contributed by atoms with van der Waals surface area (Å²) in [4.78, 5) is 24.4. The Bertz CT molecular complexity index is 932. The number of hydrogen-bond donors (Lipinski definition) is 2. The number of halogens is 1. The second-order valence-electron chi connectivity index (χ2n) is 6.29. The van der Waals surface area contributed by atoms with Crippen molar-refractivity contribution < 1.29 is 22.7 Å². The maximum absolute atomic E-state index is 12.5. The van der Waals surface area contributed by atoms with Gasteiger partial charge in [-0.3, -0.25) is 9.59 Å². The maximum atomic E-state index is 12.5. The van der Waals surface area contributed by atoms with Crippen molar-refractivity contribution in [3.8, 4) is 0 Å². The standard InChI is InChI=1S/C19H21ClN2O5S/c1-13(2)18(22-28(25,26)14-8-4-3-5-9-14)19(24)27-12-17(23)21-16-11-7-6-10-15(16)20/h3-11,13,18,22H,12H2,1-2H3,(H,21,23)/t18-/m0/s1. The van der Waals surface area contributed by atoms with Gasteiger partial charge in [0.05, 0.1) is 15.6 Å². The van der Waals surface area contributed by atoms with E-state index < -0.39 is 40.5 Å². The number of benzene rings is 2. The smallest absolute Gasteiger partial charge is 0.324 e. The summed E-state index contributed by atoms with van der Waals surface area (Å²) in [7, 11) is -3.91. The Balaban J connectivity index is 1.99. The van der Waals surface area contributed by atoms with Gasteiger partial charge >= 0.3 is 5.97 Å². The fourth-order valence-electron chi connectivity index (χ4n) is 2.27. The highest BCUT2D eigenvalue weighted by atomic mass is 35.5. The van der Waals surface area contributed by atoms with Crippen LogP contribution < -0.4 is 10.0 Å². The third kappa shape index (κ3) is 6.05. The Morgan fingerprint density at radius 2 is 1.64 bits per heavy atom. The molecule has 0 fully saturated rings. The lowest BCUT2D eigenvalue weighted by molar-refractivity contribution is -0.150. The summed E-state index contributed by atoms with van der Waals surface area (Å²) in [6, 6.07) is 13.2. The zero-order valence-electron chi connectivity index (χ0n) is 15.4. The van der Waals surface area contributed by atoms with Crippen LogP contribution in [0.1, 0.15) is 13.8 Å². The van der Waals surface area contributed by atoms with E-state index in [2.05, 4.69) is 10.0 Å². The monoisotopic (exact) mass is 424 g/mol. The predicted octanol–water partition coefficient (Wildman–Crippen LogP) is 2.82. The van der Waals surface area contributed by atoms with Gasteiger partial charge in [0, 0.05) is 0 Å². The lowest BCUT2D eigenvalue weighted by Crippen LogP contribution is -2.45. The van der Waals surface area contributed by atoms with E-state index in [4.69, 9.17) is 16.3 Å². The van der Waals surface area contributed by atoms with Crippen LogP contribution in [0.4, 0.5) is 5.69 Å². The molecule has 0 saturated heterocycles. The molecule has 0 spiro atoms. The summed E-state index contributed by atoms with van der Waals surface area (Å²) < 4.78 is 32.2. The van der Waals surface area contributed by atoms with Gasteiger partial charge in [-0.25, -0.2) is 8.42 Å². The second-order valence-corrected chi connectivity index (χ2v) is 8.41. The van der Waals surface area contributed by atoms with E-state index in [1.54, 1.807) is 56.3 Å². The number of nitrogens with one attached hydrogen (secondary N) is 2. The van der Waals surface area contributed by atoms with Gasteiger partial charge in [-0.15, -0.1) is 0 Å². The van der Waals surface area contributed by atoms with Gasteiger partial charge in [0.2, 0.25) is 10.0 Å². The van der Waals surface area contributed by atoms with Crippen LogP contribution in [0, 0.1) is 5.92 Å². The van der Waals surface area contributed by atoms with Crippen molar-refractivity contribution >= 4 is 39.2 Å². The molecule has 0 heterocycles. The first-order valence-corrected chi connectivity index (χ1v) is 10.3. The molecule has 0 aliphatic carbocycles. The van der Waals surface area contributed by atoms with Gasteiger partial charge < -0.3 is 10.1 Å². The summed E-state index contributed by atoms with van der Waals surface area (Å²) in [6.45, 7) is 2.77. The molecule has 0 unspecified atom stereocenters. The number of para-hydroxylation sites is 1. The van der Waals surface area contributed by atoms with Crippen molar-refractivity contribution in [1.29, 1.82) is 0 Å². The topological polar surface area (TPSA) is 102 Å². The number of hydrogen-bond acceptors (Lipinski definition) is 5. The number of rotatable bonds is 8. The molecule has 2 aromatic carbocycles. The van der Waals surface area contributed by atoms with Crippen molar-refractivity contribution in [2.45, 2.75) is 24.8 Å². The molecule has 28 heavy (non-hydrogen) atoms. The number of ether oxygens (including phenoxy) is 1. The SMILES string of the molecule is CC(C)[C@H](NS(=O)(=O)c1ccccc1)C(=O)OCC(=O)Nc1ccccc1Cl. The van der Waals surface area contributed by atoms with Crippen LogP contribution in [-0.2, 0) is 24.3 Å². The van der Waals surface area contributed by atoms with Gasteiger partial charge in [0.25, 0.3) is 5.91 Å². The van der Waals surface area contributed by atoms with Crippen LogP contribution in [0.2, 0.25) is 5.02 Å². The zero-order valence-corrected chi connectivity index (χ0v) is 17.0. The van der Waals surface area contributed by atoms with Gasteiger partial charge in [-0.05, 0) is 30.2 Å². The Hall–Kier alpha value is -2.42. The highest BCUT2D eigenvalue weighted by Crippen LogP contribution is 2.20. The molecule has 7 nitrogen and oxygen atoms in total. The largest absolute Gasteiger partial charge is 0.454 e. The fraction of sp³-hybridized carbons (Fsp3) is 0.263. The average Bonchev–Trinajstić information content (AvgIpc) is 2.66. The first-order valence-electron chi connectivity index (χ1n) is 8.49. The molecule has 0 aromatic heterocycles. The van der Waals surface area contributed by atoms with Crippen molar-refractivity contribution in [3.63, 3.8) is 0 Å². The van der Waals surface area contributed by atoms with Crippen molar-refractivity contribution in [3.05, 3.63) is 59.6 Å². The molecule has 0 aliphatic rings. The lowest BCUT2D eigenvalue weighted by atomic mass is 10.1. The minimum Gasteiger partial charge on any atom is -0.454 e. The molecule has 9 heteroatoms. The van der Waals surface area contributed by atoms with E-state index in [0.717, 1.165) is 0 Å². The predicted molar refractivity (Wildman–Crippen MR) is 106 cm³/mol. The van der Waals surface area contributed by atoms with Gasteiger partial charge in [0.15, 0.2) is 6.61 Å². The first kappa shape index (κ1) is 21.9. The van der Waals surface area contributed by atoms with Crippen LogP contribution in [0.15, 0.2) is 59.5 Å². The Morgan fingerprint density at radius 3 is 2.25 bits per heavy atom. The van der Waals surface area contributed by atoms with Crippen LogP contribution in [0.3, 0.4) is 0 Å². The summed E-state index contributed by atoms with van der Waals surface area (Å²) in [5.41, 5.74) is 0.385. The summed E-state index contributed by atoms with van der Waals surface area (Å²) in [6.07, 6.45) is 0. The number of esters is 1. The van der Waals surface area contributed by atoms with Crippen molar-refractivity contribution in [2.75, 3.05) is 11.9 Å². The van der Waals surface area contributed by atoms with E-state index in [0.29, 0.717) is 10.7 Å². The molecular weight excluding hydrogens is 404 g/mol. The molecule has 0 bridgehead atoms. The van der Waals surface area contributed by atoms with E-state index >= 15 is 0 Å². The molecule has 0 radical (unpaired) electrons. The summed E-state index contributed by atoms with van der Waals surface area (Å²) in [5, 5.41) is 2.87. The number of amides is 1. The summed E-state index contributed by atoms with van der Waals surface area (Å²) >= 11 is 5.95. The molecule has 1 atom stereocenters.